The summed E-state index contributed by atoms with van der Waals surface area (Å²) in [5.74, 6) is 3.08. The van der Waals surface area contributed by atoms with Gasteiger partial charge in [-0.1, -0.05) is 51.8 Å². The molecule has 0 aliphatic rings. The molecule has 2 atom stereocenters. The number of terminal acetylenes is 1. The Morgan fingerprint density at radius 1 is 1.30 bits per heavy atom. The van der Waals surface area contributed by atoms with Gasteiger partial charge in [0.25, 0.3) is 0 Å². The van der Waals surface area contributed by atoms with Crippen molar-refractivity contribution >= 4 is 11.4 Å². The molecule has 0 saturated carbocycles. The molecule has 0 aliphatic carbocycles. The van der Waals surface area contributed by atoms with Crippen LogP contribution in [0.15, 0.2) is 24.3 Å². The van der Waals surface area contributed by atoms with E-state index in [1.165, 1.54) is 0 Å². The minimum atomic E-state index is -1.85. The number of hydrogen-bond acceptors (Lipinski definition) is 4. The van der Waals surface area contributed by atoms with Gasteiger partial charge in [0, 0.05) is 0 Å². The lowest BCUT2D eigenvalue weighted by molar-refractivity contribution is 0.121. The lowest BCUT2D eigenvalue weighted by Gasteiger charge is -2.26. The summed E-state index contributed by atoms with van der Waals surface area (Å²) in [6.45, 7) is 8.72. The normalized spacial score (nSPS) is 14.0. The molecule has 1 rings (SSSR count). The average molecular weight is 338 g/mol. The van der Waals surface area contributed by atoms with Gasteiger partial charge in [-0.2, -0.15) is 4.21 Å². The van der Waals surface area contributed by atoms with E-state index in [9.17, 15) is 4.21 Å². The first kappa shape index (κ1) is 19.7. The first-order valence-electron chi connectivity index (χ1n) is 7.82. The van der Waals surface area contributed by atoms with E-state index in [0.717, 1.165) is 17.7 Å². The molecule has 0 aliphatic heterocycles. The van der Waals surface area contributed by atoms with E-state index in [0.29, 0.717) is 13.0 Å². The zero-order valence-electron chi connectivity index (χ0n) is 14.3. The highest BCUT2D eigenvalue weighted by Crippen LogP contribution is 2.34. The Labute approximate surface area is 142 Å². The summed E-state index contributed by atoms with van der Waals surface area (Å²) in [5.41, 5.74) is 1.18. The third kappa shape index (κ3) is 6.34. The Bertz CT molecular complexity index is 548. The number of benzene rings is 1. The maximum absolute atomic E-state index is 11.6. The van der Waals surface area contributed by atoms with Gasteiger partial charge >= 0.3 is 11.4 Å². The van der Waals surface area contributed by atoms with Crippen molar-refractivity contribution < 1.29 is 17.3 Å². The van der Waals surface area contributed by atoms with Gasteiger partial charge in [-0.3, -0.25) is 8.37 Å². The molecule has 1 aromatic rings. The van der Waals surface area contributed by atoms with Gasteiger partial charge in [-0.05, 0) is 29.9 Å². The predicted octanol–water partition coefficient (Wildman–Crippen LogP) is 3.78. The largest absolute Gasteiger partial charge is 0.491 e. The van der Waals surface area contributed by atoms with Gasteiger partial charge in [0.2, 0.25) is 0 Å². The molecule has 128 valence electrons. The second kappa shape index (κ2) is 9.71. The number of ether oxygens (including phenoxy) is 1. The van der Waals surface area contributed by atoms with E-state index in [4.69, 9.17) is 19.5 Å². The van der Waals surface area contributed by atoms with Crippen LogP contribution in [0.4, 0.5) is 0 Å². The fraction of sp³-hybridized carbons (Fsp3) is 0.556. The van der Waals surface area contributed by atoms with Crippen LogP contribution in [0, 0.1) is 12.3 Å². The van der Waals surface area contributed by atoms with E-state index in [1.807, 2.05) is 25.1 Å². The Morgan fingerprint density at radius 2 is 2.00 bits per heavy atom. The molecule has 1 aromatic carbocycles. The Morgan fingerprint density at radius 3 is 2.61 bits per heavy atom. The highest BCUT2D eigenvalue weighted by Gasteiger charge is 2.23. The SMILES string of the molecule is C#CCOS(=O)OC(CC)COc1ccccc1C(C)(C)CC. The Kier molecular flexibility index (Phi) is 8.32. The zero-order valence-corrected chi connectivity index (χ0v) is 15.2. The number of rotatable bonds is 10. The summed E-state index contributed by atoms with van der Waals surface area (Å²) < 4.78 is 27.6. The van der Waals surface area contributed by atoms with E-state index in [-0.39, 0.29) is 18.1 Å². The molecule has 4 nitrogen and oxygen atoms in total. The number of hydrogen-bond donors (Lipinski definition) is 0. The van der Waals surface area contributed by atoms with Crippen molar-refractivity contribution in [1.82, 2.24) is 0 Å². The predicted molar refractivity (Wildman–Crippen MR) is 93.3 cm³/mol. The van der Waals surface area contributed by atoms with Gasteiger partial charge in [-0.15, -0.1) is 6.42 Å². The maximum atomic E-state index is 11.6. The van der Waals surface area contributed by atoms with E-state index < -0.39 is 11.4 Å². The second-order valence-electron chi connectivity index (χ2n) is 5.84. The first-order chi connectivity index (χ1) is 10.9. The summed E-state index contributed by atoms with van der Waals surface area (Å²) in [5, 5.41) is 0. The molecule has 0 saturated heterocycles. The molecule has 0 spiro atoms. The van der Waals surface area contributed by atoms with Gasteiger partial charge < -0.3 is 4.74 Å². The Hall–Kier alpha value is -1.35. The lowest BCUT2D eigenvalue weighted by atomic mass is 9.82. The molecule has 0 radical (unpaired) electrons. The maximum Gasteiger partial charge on any atom is 0.305 e. The van der Waals surface area contributed by atoms with Crippen LogP contribution in [-0.4, -0.2) is 23.5 Å². The quantitative estimate of drug-likeness (QED) is 0.609. The van der Waals surface area contributed by atoms with Crippen LogP contribution in [-0.2, 0) is 25.1 Å². The molecule has 0 fully saturated rings. The van der Waals surface area contributed by atoms with Crippen LogP contribution >= 0.6 is 0 Å². The van der Waals surface area contributed by atoms with Crippen molar-refractivity contribution in [2.24, 2.45) is 0 Å². The van der Waals surface area contributed by atoms with E-state index in [2.05, 4.69) is 32.8 Å². The van der Waals surface area contributed by atoms with Crippen LogP contribution in [0.3, 0.4) is 0 Å². The van der Waals surface area contributed by atoms with Crippen LogP contribution in [0.25, 0.3) is 0 Å². The van der Waals surface area contributed by atoms with Crippen LogP contribution in [0.1, 0.15) is 46.1 Å². The fourth-order valence-corrected chi connectivity index (χ4v) is 2.59. The zero-order chi connectivity index (χ0) is 17.3. The molecule has 2 unspecified atom stereocenters. The minimum Gasteiger partial charge on any atom is -0.491 e. The smallest absolute Gasteiger partial charge is 0.305 e. The highest BCUT2D eigenvalue weighted by atomic mass is 32.2. The molecule has 0 heterocycles. The molecular weight excluding hydrogens is 312 g/mol. The van der Waals surface area contributed by atoms with Crippen molar-refractivity contribution in [3.63, 3.8) is 0 Å². The molecular formula is C18H26O4S. The third-order valence-corrected chi connectivity index (χ3v) is 4.57. The summed E-state index contributed by atoms with van der Waals surface area (Å²) in [4.78, 5) is 0. The van der Waals surface area contributed by atoms with Crippen molar-refractivity contribution in [2.45, 2.75) is 52.1 Å². The van der Waals surface area contributed by atoms with Crippen molar-refractivity contribution in [3.8, 4) is 18.1 Å². The van der Waals surface area contributed by atoms with Crippen LogP contribution in [0.2, 0.25) is 0 Å². The van der Waals surface area contributed by atoms with E-state index >= 15 is 0 Å². The summed E-state index contributed by atoms with van der Waals surface area (Å²) >= 11 is -1.85. The van der Waals surface area contributed by atoms with Gasteiger partial charge in [0.1, 0.15) is 25.1 Å². The first-order valence-corrected chi connectivity index (χ1v) is 8.82. The number of para-hydroxylation sites is 1. The van der Waals surface area contributed by atoms with Crippen LogP contribution in [0.5, 0.6) is 5.75 Å². The third-order valence-electron chi connectivity index (χ3n) is 3.83. The molecule has 0 aromatic heterocycles. The van der Waals surface area contributed by atoms with Gasteiger partial charge in [-0.25, -0.2) is 0 Å². The lowest BCUT2D eigenvalue weighted by Crippen LogP contribution is -2.24. The summed E-state index contributed by atoms with van der Waals surface area (Å²) in [7, 11) is 0. The van der Waals surface area contributed by atoms with Gasteiger partial charge in [0.15, 0.2) is 0 Å². The van der Waals surface area contributed by atoms with Crippen LogP contribution < -0.4 is 4.74 Å². The molecule has 5 heteroatoms. The fourth-order valence-electron chi connectivity index (χ4n) is 1.96. The van der Waals surface area contributed by atoms with Crippen molar-refractivity contribution in [3.05, 3.63) is 29.8 Å². The summed E-state index contributed by atoms with van der Waals surface area (Å²) in [6, 6.07) is 7.98. The standard InChI is InChI=1S/C18H26O4S/c1-6-13-21-23(19)22-15(7-2)14-20-17-12-10-9-11-16(17)18(4,5)8-3/h1,9-12,15H,7-8,13-14H2,2-5H3. The van der Waals surface area contributed by atoms with Gasteiger partial charge in [0.05, 0.1) is 0 Å². The van der Waals surface area contributed by atoms with E-state index in [1.54, 1.807) is 0 Å². The second-order valence-corrected chi connectivity index (χ2v) is 6.68. The molecule has 23 heavy (non-hydrogen) atoms. The monoisotopic (exact) mass is 338 g/mol. The molecule has 0 bridgehead atoms. The average Bonchev–Trinajstić information content (AvgIpc) is 2.56. The minimum absolute atomic E-state index is 0.0257. The molecule has 0 amide bonds. The molecule has 0 N–H and O–H groups in total. The highest BCUT2D eigenvalue weighted by molar-refractivity contribution is 7.75. The van der Waals surface area contributed by atoms with Crippen molar-refractivity contribution in [2.75, 3.05) is 13.2 Å². The van der Waals surface area contributed by atoms with Crippen molar-refractivity contribution in [1.29, 1.82) is 0 Å². The topological polar surface area (TPSA) is 44.8 Å². The Balaban J connectivity index is 2.70. The summed E-state index contributed by atoms with van der Waals surface area (Å²) in [6.07, 6.45) is 6.39.